The van der Waals surface area contributed by atoms with E-state index in [0.717, 1.165) is 45.4 Å². The fourth-order valence-corrected chi connectivity index (χ4v) is 1.73. The van der Waals surface area contributed by atoms with Gasteiger partial charge in [0.25, 0.3) is 0 Å². The minimum Gasteiger partial charge on any atom is -0.381 e. The molecule has 1 saturated heterocycles. The fourth-order valence-electron chi connectivity index (χ4n) is 1.73. The smallest absolute Gasteiger partial charge is 0.0517 e. The summed E-state index contributed by atoms with van der Waals surface area (Å²) < 4.78 is 10.9. The van der Waals surface area contributed by atoms with Crippen LogP contribution in [0.5, 0.6) is 0 Å². The van der Waals surface area contributed by atoms with Crippen LogP contribution in [0.15, 0.2) is 0 Å². The van der Waals surface area contributed by atoms with E-state index < -0.39 is 0 Å². The zero-order chi connectivity index (χ0) is 9.64. The van der Waals surface area contributed by atoms with Crippen molar-refractivity contribution in [3.8, 4) is 0 Å². The third kappa shape index (κ3) is 3.95. The Labute approximate surface area is 86.2 Å². The first-order chi connectivity index (χ1) is 6.95. The second-order valence-electron chi connectivity index (χ2n) is 4.39. The molecule has 0 radical (unpaired) electrons. The van der Waals surface area contributed by atoms with Gasteiger partial charge in [0.1, 0.15) is 0 Å². The summed E-state index contributed by atoms with van der Waals surface area (Å²) in [6, 6.07) is 0.832. The molecule has 2 rings (SSSR count). The van der Waals surface area contributed by atoms with Gasteiger partial charge in [-0.05, 0) is 32.2 Å². The third-order valence-corrected chi connectivity index (χ3v) is 2.85. The lowest BCUT2D eigenvalue weighted by atomic mass is 10.1. The molecule has 14 heavy (non-hydrogen) atoms. The number of hydrogen-bond donors (Lipinski definition) is 1. The highest BCUT2D eigenvalue weighted by atomic mass is 16.5. The Bertz CT molecular complexity index is 153. The molecule has 1 aliphatic carbocycles. The van der Waals surface area contributed by atoms with Gasteiger partial charge in [-0.25, -0.2) is 0 Å². The van der Waals surface area contributed by atoms with Crippen LogP contribution in [0.3, 0.4) is 0 Å². The first-order valence-corrected chi connectivity index (χ1v) is 5.84. The van der Waals surface area contributed by atoms with E-state index >= 15 is 0 Å². The van der Waals surface area contributed by atoms with Crippen molar-refractivity contribution in [3.63, 3.8) is 0 Å². The highest BCUT2D eigenvalue weighted by Crippen LogP contribution is 2.18. The zero-order valence-corrected chi connectivity index (χ0v) is 8.84. The molecule has 1 saturated carbocycles. The summed E-state index contributed by atoms with van der Waals surface area (Å²) in [6.07, 6.45) is 5.07. The number of hydrogen-bond acceptors (Lipinski definition) is 3. The molecule has 1 N–H and O–H groups in total. The van der Waals surface area contributed by atoms with Gasteiger partial charge in [0.15, 0.2) is 0 Å². The van der Waals surface area contributed by atoms with Gasteiger partial charge >= 0.3 is 0 Å². The number of rotatable bonds is 7. The van der Waals surface area contributed by atoms with Gasteiger partial charge in [-0.15, -0.1) is 0 Å². The number of nitrogens with one attached hydrogen (secondary N) is 1. The summed E-state index contributed by atoms with van der Waals surface area (Å²) in [7, 11) is 0. The van der Waals surface area contributed by atoms with Crippen molar-refractivity contribution in [1.29, 1.82) is 0 Å². The molecule has 3 nitrogen and oxygen atoms in total. The average molecular weight is 199 g/mol. The van der Waals surface area contributed by atoms with Crippen molar-refractivity contribution in [3.05, 3.63) is 0 Å². The average Bonchev–Trinajstić information content (AvgIpc) is 2.87. The van der Waals surface area contributed by atoms with Crippen molar-refractivity contribution in [1.82, 2.24) is 5.32 Å². The van der Waals surface area contributed by atoms with Gasteiger partial charge in [-0.1, -0.05) is 0 Å². The van der Waals surface area contributed by atoms with Crippen LogP contribution in [0.4, 0.5) is 0 Å². The quantitative estimate of drug-likeness (QED) is 0.625. The second-order valence-corrected chi connectivity index (χ2v) is 4.39. The van der Waals surface area contributed by atoms with E-state index in [1.807, 2.05) is 0 Å². The van der Waals surface area contributed by atoms with Crippen LogP contribution >= 0.6 is 0 Å². The highest BCUT2D eigenvalue weighted by molar-refractivity contribution is 4.80. The zero-order valence-electron chi connectivity index (χ0n) is 8.84. The maximum Gasteiger partial charge on any atom is 0.0517 e. The van der Waals surface area contributed by atoms with E-state index in [1.54, 1.807) is 0 Å². The van der Waals surface area contributed by atoms with Crippen LogP contribution in [-0.2, 0) is 9.47 Å². The summed E-state index contributed by atoms with van der Waals surface area (Å²) >= 11 is 0. The molecule has 1 atom stereocenters. The van der Waals surface area contributed by atoms with Gasteiger partial charge in [-0.2, -0.15) is 0 Å². The van der Waals surface area contributed by atoms with E-state index in [9.17, 15) is 0 Å². The van der Waals surface area contributed by atoms with E-state index in [2.05, 4.69) is 5.32 Å². The van der Waals surface area contributed by atoms with E-state index in [1.165, 1.54) is 19.3 Å². The summed E-state index contributed by atoms with van der Waals surface area (Å²) in [6.45, 7) is 4.74. The largest absolute Gasteiger partial charge is 0.381 e. The first-order valence-electron chi connectivity index (χ1n) is 5.84. The predicted octanol–water partition coefficient (Wildman–Crippen LogP) is 1.18. The van der Waals surface area contributed by atoms with Crippen LogP contribution in [0.25, 0.3) is 0 Å². The van der Waals surface area contributed by atoms with Crippen LogP contribution < -0.4 is 5.32 Å². The Morgan fingerprint density at radius 1 is 1.29 bits per heavy atom. The van der Waals surface area contributed by atoms with E-state index in [4.69, 9.17) is 9.47 Å². The van der Waals surface area contributed by atoms with Crippen LogP contribution in [0.1, 0.15) is 25.7 Å². The summed E-state index contributed by atoms with van der Waals surface area (Å²) in [4.78, 5) is 0. The molecule has 2 aliphatic rings. The molecule has 0 aromatic heterocycles. The van der Waals surface area contributed by atoms with Crippen molar-refractivity contribution in [2.45, 2.75) is 31.7 Å². The maximum atomic E-state index is 5.60. The number of ether oxygens (including phenoxy) is 2. The van der Waals surface area contributed by atoms with E-state index in [-0.39, 0.29) is 0 Å². The Morgan fingerprint density at radius 3 is 2.93 bits per heavy atom. The molecule has 0 aromatic rings. The van der Waals surface area contributed by atoms with Crippen molar-refractivity contribution in [2.75, 3.05) is 33.0 Å². The first kappa shape index (κ1) is 10.4. The molecule has 0 bridgehead atoms. The minimum atomic E-state index is 0.659. The van der Waals surface area contributed by atoms with Crippen molar-refractivity contribution < 1.29 is 9.47 Å². The lowest BCUT2D eigenvalue weighted by Gasteiger charge is -2.08. The van der Waals surface area contributed by atoms with Crippen LogP contribution in [0, 0.1) is 5.92 Å². The SMILES string of the molecule is C(CNC1CC1)COCC1CCOC1. The Hall–Kier alpha value is -0.120. The van der Waals surface area contributed by atoms with Gasteiger partial charge < -0.3 is 14.8 Å². The van der Waals surface area contributed by atoms with E-state index in [0.29, 0.717) is 5.92 Å². The molecule has 3 heteroatoms. The van der Waals surface area contributed by atoms with Gasteiger partial charge in [0.2, 0.25) is 0 Å². The Balaban J connectivity index is 1.35. The van der Waals surface area contributed by atoms with Crippen molar-refractivity contribution >= 4 is 0 Å². The lowest BCUT2D eigenvalue weighted by Crippen LogP contribution is -2.19. The molecule has 1 unspecified atom stereocenters. The van der Waals surface area contributed by atoms with Crippen LogP contribution in [0.2, 0.25) is 0 Å². The lowest BCUT2D eigenvalue weighted by molar-refractivity contribution is 0.0883. The minimum absolute atomic E-state index is 0.659. The molecule has 82 valence electrons. The second kappa shape index (κ2) is 5.69. The van der Waals surface area contributed by atoms with Gasteiger partial charge in [0.05, 0.1) is 13.2 Å². The monoisotopic (exact) mass is 199 g/mol. The molecule has 0 amide bonds. The molecular formula is C11H21NO2. The third-order valence-electron chi connectivity index (χ3n) is 2.85. The molecule has 0 spiro atoms. The topological polar surface area (TPSA) is 30.5 Å². The van der Waals surface area contributed by atoms with Gasteiger partial charge in [-0.3, -0.25) is 0 Å². The Morgan fingerprint density at radius 2 is 2.21 bits per heavy atom. The Kier molecular flexibility index (Phi) is 4.22. The maximum absolute atomic E-state index is 5.60. The molecule has 0 aromatic carbocycles. The summed E-state index contributed by atoms with van der Waals surface area (Å²) in [5.41, 5.74) is 0. The van der Waals surface area contributed by atoms with Crippen LogP contribution in [-0.4, -0.2) is 39.0 Å². The molecule has 2 fully saturated rings. The summed E-state index contributed by atoms with van der Waals surface area (Å²) in [5, 5.41) is 3.48. The van der Waals surface area contributed by atoms with Crippen molar-refractivity contribution in [2.24, 2.45) is 5.92 Å². The predicted molar refractivity (Wildman–Crippen MR) is 55.4 cm³/mol. The molecular weight excluding hydrogens is 178 g/mol. The highest BCUT2D eigenvalue weighted by Gasteiger charge is 2.19. The molecule has 1 aliphatic heterocycles. The summed E-state index contributed by atoms with van der Waals surface area (Å²) in [5.74, 6) is 0.659. The standard InChI is InChI=1S/C11H21NO2/c1(5-12-11-2-3-11)6-13-8-10-4-7-14-9-10/h10-12H,1-9H2. The molecule has 1 heterocycles. The normalized spacial score (nSPS) is 27.0. The van der Waals surface area contributed by atoms with Gasteiger partial charge in [0, 0.05) is 25.2 Å². The fraction of sp³-hybridized carbons (Fsp3) is 1.00.